The number of rotatable bonds is 3. The molecule has 4 rings (SSSR count). The number of nitrogens with one attached hydrogen (secondary N) is 1. The minimum atomic E-state index is -4.10. The van der Waals surface area contributed by atoms with Crippen molar-refractivity contribution < 1.29 is 8.42 Å². The molecule has 0 aliphatic heterocycles. The maximum atomic E-state index is 13.2. The Balaban J connectivity index is 1.96. The molecule has 0 aliphatic carbocycles. The number of thiazole rings is 1. The van der Waals surface area contributed by atoms with Crippen LogP contribution < -0.4 is 10.3 Å². The highest BCUT2D eigenvalue weighted by Gasteiger charge is 2.26. The highest BCUT2D eigenvalue weighted by molar-refractivity contribution is 7.92. The monoisotopic (exact) mass is 413 g/mol. The Morgan fingerprint density at radius 2 is 1.82 bits per heavy atom. The first-order valence-corrected chi connectivity index (χ1v) is 11.0. The van der Waals surface area contributed by atoms with E-state index in [-0.39, 0.29) is 10.6 Å². The largest absolute Gasteiger partial charge is 0.280 e. The van der Waals surface area contributed by atoms with E-state index in [1.807, 2.05) is 45.0 Å². The molecule has 0 amide bonds. The zero-order valence-electron chi connectivity index (χ0n) is 15.9. The van der Waals surface area contributed by atoms with Crippen LogP contribution in [0.25, 0.3) is 15.2 Å². The number of anilines is 1. The molecule has 0 atom stereocenters. The van der Waals surface area contributed by atoms with Crippen LogP contribution in [0, 0.1) is 27.7 Å². The molecule has 0 radical (unpaired) electrons. The van der Waals surface area contributed by atoms with Crippen molar-refractivity contribution in [1.29, 1.82) is 0 Å². The summed E-state index contributed by atoms with van der Waals surface area (Å²) in [6, 6.07) is 11.0. The maximum absolute atomic E-state index is 13.2. The maximum Gasteiger partial charge on any atom is 0.280 e. The third-order valence-electron chi connectivity index (χ3n) is 4.86. The number of hydrogen-bond donors (Lipinski definition) is 1. The Morgan fingerprint density at radius 1 is 1.07 bits per heavy atom. The van der Waals surface area contributed by atoms with Crippen molar-refractivity contribution in [2.45, 2.75) is 32.6 Å². The molecule has 0 saturated carbocycles. The van der Waals surface area contributed by atoms with E-state index in [0.29, 0.717) is 16.2 Å². The molecule has 2 heterocycles. The van der Waals surface area contributed by atoms with Crippen molar-refractivity contribution in [2.24, 2.45) is 0 Å². The van der Waals surface area contributed by atoms with Crippen LogP contribution in [0.4, 0.5) is 5.69 Å². The minimum Gasteiger partial charge on any atom is -0.279 e. The fraction of sp³-hybridized carbons (Fsp3) is 0.200. The van der Waals surface area contributed by atoms with Gasteiger partial charge in [0.25, 0.3) is 15.6 Å². The Labute approximate surface area is 166 Å². The van der Waals surface area contributed by atoms with Gasteiger partial charge in [-0.05, 0) is 62.6 Å². The summed E-state index contributed by atoms with van der Waals surface area (Å²) in [6.45, 7) is 7.26. The predicted octanol–water partition coefficient (Wildman–Crippen LogP) is 3.94. The summed E-state index contributed by atoms with van der Waals surface area (Å²) in [5.41, 5.74) is 3.55. The van der Waals surface area contributed by atoms with E-state index >= 15 is 0 Å². The highest BCUT2D eigenvalue weighted by atomic mass is 32.2. The van der Waals surface area contributed by atoms with E-state index in [1.165, 1.54) is 15.7 Å². The Morgan fingerprint density at radius 3 is 2.57 bits per heavy atom. The number of fused-ring (bicyclic) bond motifs is 3. The van der Waals surface area contributed by atoms with Crippen molar-refractivity contribution in [3.05, 3.63) is 69.1 Å². The lowest BCUT2D eigenvalue weighted by molar-refractivity contribution is 0.598. The molecule has 6 nitrogen and oxygen atoms in total. The van der Waals surface area contributed by atoms with Crippen molar-refractivity contribution in [1.82, 2.24) is 9.38 Å². The second kappa shape index (κ2) is 6.42. The zero-order chi connectivity index (χ0) is 20.2. The van der Waals surface area contributed by atoms with E-state index in [9.17, 15) is 13.2 Å². The molecule has 4 aromatic rings. The summed E-state index contributed by atoms with van der Waals surface area (Å²) >= 11 is 1.37. The Kier molecular flexibility index (Phi) is 4.28. The topological polar surface area (TPSA) is 80.5 Å². The molecular weight excluding hydrogens is 394 g/mol. The van der Waals surface area contributed by atoms with Crippen LogP contribution in [-0.4, -0.2) is 17.8 Å². The average Bonchev–Trinajstić information content (AvgIpc) is 2.95. The van der Waals surface area contributed by atoms with Crippen molar-refractivity contribution >= 4 is 42.2 Å². The first-order chi connectivity index (χ1) is 13.2. The van der Waals surface area contributed by atoms with Crippen LogP contribution in [0.2, 0.25) is 0 Å². The number of aromatic nitrogens is 2. The second-order valence-electron chi connectivity index (χ2n) is 6.88. The summed E-state index contributed by atoms with van der Waals surface area (Å²) in [5, 5.41) is 0. The van der Waals surface area contributed by atoms with Gasteiger partial charge >= 0.3 is 0 Å². The van der Waals surface area contributed by atoms with Gasteiger partial charge in [-0.25, -0.2) is 17.8 Å². The van der Waals surface area contributed by atoms with Crippen LogP contribution >= 0.6 is 11.3 Å². The van der Waals surface area contributed by atoms with Gasteiger partial charge in [-0.15, -0.1) is 0 Å². The standard InChI is InChI=1S/C20H19N3O3S2/c1-11-8-9-16-17(10-11)27-20-21-14(4)18(19(24)23(16)20)28(25,26)22-15-7-5-6-12(2)13(15)3/h5-10,22H,1-4H3. The third kappa shape index (κ3) is 2.89. The Hall–Kier alpha value is -2.71. The van der Waals surface area contributed by atoms with E-state index in [0.717, 1.165) is 21.4 Å². The molecule has 28 heavy (non-hydrogen) atoms. The SMILES string of the molecule is Cc1ccc2c(c1)sc1nc(C)c(S(=O)(=O)Nc3cccc(C)c3C)c(=O)n12. The summed E-state index contributed by atoms with van der Waals surface area (Å²) in [6.07, 6.45) is 0. The van der Waals surface area contributed by atoms with E-state index in [2.05, 4.69) is 9.71 Å². The molecule has 144 valence electrons. The van der Waals surface area contributed by atoms with E-state index < -0.39 is 15.6 Å². The molecular formula is C20H19N3O3S2. The summed E-state index contributed by atoms with van der Waals surface area (Å²) in [4.78, 5) is 17.8. The minimum absolute atomic E-state index is 0.186. The van der Waals surface area contributed by atoms with Crippen LogP contribution in [0.1, 0.15) is 22.4 Å². The van der Waals surface area contributed by atoms with E-state index in [4.69, 9.17) is 0 Å². The van der Waals surface area contributed by atoms with Gasteiger partial charge in [0.2, 0.25) is 0 Å². The first-order valence-electron chi connectivity index (χ1n) is 8.70. The fourth-order valence-electron chi connectivity index (χ4n) is 3.22. The number of sulfonamides is 1. The lowest BCUT2D eigenvalue weighted by atomic mass is 10.1. The number of benzene rings is 2. The van der Waals surface area contributed by atoms with Crippen molar-refractivity contribution in [3.63, 3.8) is 0 Å². The van der Waals surface area contributed by atoms with Crippen LogP contribution in [0.3, 0.4) is 0 Å². The molecule has 8 heteroatoms. The molecule has 0 saturated heterocycles. The molecule has 0 fully saturated rings. The van der Waals surface area contributed by atoms with Gasteiger partial charge in [0.15, 0.2) is 9.86 Å². The zero-order valence-corrected chi connectivity index (χ0v) is 17.5. The summed E-state index contributed by atoms with van der Waals surface area (Å²) < 4.78 is 31.0. The smallest absolute Gasteiger partial charge is 0.279 e. The van der Waals surface area contributed by atoms with Gasteiger partial charge in [0.1, 0.15) is 0 Å². The first kappa shape index (κ1) is 18.6. The molecule has 0 aliphatic rings. The van der Waals surface area contributed by atoms with Crippen molar-refractivity contribution in [2.75, 3.05) is 4.72 Å². The third-order valence-corrected chi connectivity index (χ3v) is 7.36. The summed E-state index contributed by atoms with van der Waals surface area (Å²) in [7, 11) is -4.10. The molecule has 0 bridgehead atoms. The molecule has 0 unspecified atom stereocenters. The van der Waals surface area contributed by atoms with Gasteiger partial charge in [-0.3, -0.25) is 9.52 Å². The average molecular weight is 414 g/mol. The molecule has 2 aromatic carbocycles. The van der Waals surface area contributed by atoms with Gasteiger partial charge in [-0.1, -0.05) is 29.5 Å². The molecule has 1 N–H and O–H groups in total. The Bertz CT molecular complexity index is 1420. The van der Waals surface area contributed by atoms with Crippen LogP contribution in [0.5, 0.6) is 0 Å². The van der Waals surface area contributed by atoms with Gasteiger partial charge in [0, 0.05) is 0 Å². The lowest BCUT2D eigenvalue weighted by Gasteiger charge is -2.13. The number of nitrogens with zero attached hydrogens (tertiary/aromatic N) is 2. The van der Waals surface area contributed by atoms with Gasteiger partial charge < -0.3 is 0 Å². The lowest BCUT2D eigenvalue weighted by Crippen LogP contribution is -2.28. The van der Waals surface area contributed by atoms with Crippen LogP contribution in [-0.2, 0) is 10.0 Å². The van der Waals surface area contributed by atoms with Gasteiger partial charge in [0.05, 0.1) is 21.6 Å². The fourth-order valence-corrected chi connectivity index (χ4v) is 5.75. The van der Waals surface area contributed by atoms with Crippen LogP contribution in [0.15, 0.2) is 46.1 Å². The number of hydrogen-bond acceptors (Lipinski definition) is 5. The van der Waals surface area contributed by atoms with Crippen molar-refractivity contribution in [3.8, 4) is 0 Å². The number of aryl methyl sites for hydroxylation is 3. The van der Waals surface area contributed by atoms with E-state index in [1.54, 1.807) is 19.1 Å². The molecule has 0 spiro atoms. The second-order valence-corrected chi connectivity index (χ2v) is 9.50. The molecule has 2 aromatic heterocycles. The quantitative estimate of drug-likeness (QED) is 0.552. The predicted molar refractivity (Wildman–Crippen MR) is 113 cm³/mol. The summed E-state index contributed by atoms with van der Waals surface area (Å²) in [5.74, 6) is 0. The normalized spacial score (nSPS) is 12.0. The highest BCUT2D eigenvalue weighted by Crippen LogP contribution is 2.27. The van der Waals surface area contributed by atoms with Gasteiger partial charge in [-0.2, -0.15) is 0 Å².